The number of anilines is 1. The van der Waals surface area contributed by atoms with Crippen LogP contribution in [0.4, 0.5) is 5.82 Å². The maximum Gasteiger partial charge on any atom is 0.328 e. The first-order valence-corrected chi connectivity index (χ1v) is 6.89. The first-order chi connectivity index (χ1) is 9.13. The van der Waals surface area contributed by atoms with Gasteiger partial charge in [0, 0.05) is 21.4 Å². The van der Waals surface area contributed by atoms with Crippen LogP contribution < -0.4 is 5.32 Å². The third kappa shape index (κ3) is 3.04. The van der Waals surface area contributed by atoms with Crippen LogP contribution in [-0.4, -0.2) is 23.6 Å². The Morgan fingerprint density at radius 2 is 2.21 bits per heavy atom. The van der Waals surface area contributed by atoms with E-state index in [1.165, 1.54) is 0 Å². The highest BCUT2D eigenvalue weighted by molar-refractivity contribution is 9.10. The summed E-state index contributed by atoms with van der Waals surface area (Å²) in [7, 11) is 0. The summed E-state index contributed by atoms with van der Waals surface area (Å²) in [4.78, 5) is 15.9. The monoisotopic (exact) mass is 322 g/mol. The Morgan fingerprint density at radius 1 is 1.42 bits per heavy atom. The SMILES string of the molecule is CCOC(=O)C(C)Nc1nccc2c(Br)cccc12. The van der Waals surface area contributed by atoms with Gasteiger partial charge in [0.15, 0.2) is 0 Å². The molecule has 0 saturated heterocycles. The molecule has 0 saturated carbocycles. The zero-order valence-electron chi connectivity index (χ0n) is 10.8. The lowest BCUT2D eigenvalue weighted by Crippen LogP contribution is -2.28. The fourth-order valence-electron chi connectivity index (χ4n) is 1.82. The Bertz CT molecular complexity index is 601. The van der Waals surface area contributed by atoms with Gasteiger partial charge in [-0.1, -0.05) is 28.1 Å². The van der Waals surface area contributed by atoms with Crippen LogP contribution in [0.15, 0.2) is 34.9 Å². The Morgan fingerprint density at radius 3 is 2.95 bits per heavy atom. The number of hydrogen-bond donors (Lipinski definition) is 1. The summed E-state index contributed by atoms with van der Waals surface area (Å²) < 4.78 is 5.97. The summed E-state index contributed by atoms with van der Waals surface area (Å²) in [6.07, 6.45) is 1.72. The normalized spacial score (nSPS) is 12.2. The quantitative estimate of drug-likeness (QED) is 0.877. The van der Waals surface area contributed by atoms with Crippen LogP contribution >= 0.6 is 15.9 Å². The summed E-state index contributed by atoms with van der Waals surface area (Å²) in [6, 6.07) is 7.37. The van der Waals surface area contributed by atoms with Crippen LogP contribution in [0.25, 0.3) is 10.8 Å². The number of carbonyl (C=O) groups is 1. The number of aromatic nitrogens is 1. The molecule has 0 aliphatic carbocycles. The van der Waals surface area contributed by atoms with E-state index in [0.717, 1.165) is 15.2 Å². The highest BCUT2D eigenvalue weighted by atomic mass is 79.9. The van der Waals surface area contributed by atoms with E-state index in [-0.39, 0.29) is 5.97 Å². The fourth-order valence-corrected chi connectivity index (χ4v) is 2.31. The minimum Gasteiger partial charge on any atom is -0.464 e. The molecule has 1 heterocycles. The number of benzene rings is 1. The molecular weight excluding hydrogens is 308 g/mol. The Labute approximate surface area is 120 Å². The van der Waals surface area contributed by atoms with Crippen molar-refractivity contribution in [1.29, 1.82) is 0 Å². The van der Waals surface area contributed by atoms with Gasteiger partial charge in [0.1, 0.15) is 11.9 Å². The van der Waals surface area contributed by atoms with Gasteiger partial charge >= 0.3 is 5.97 Å². The number of halogens is 1. The second-order valence-corrected chi connectivity index (χ2v) is 4.97. The Balaban J connectivity index is 2.31. The largest absolute Gasteiger partial charge is 0.464 e. The molecule has 4 nitrogen and oxygen atoms in total. The third-order valence-corrected chi connectivity index (χ3v) is 3.44. The number of fused-ring (bicyclic) bond motifs is 1. The Kier molecular flexibility index (Phi) is 4.37. The average Bonchev–Trinajstić information content (AvgIpc) is 2.40. The lowest BCUT2D eigenvalue weighted by molar-refractivity contribution is -0.143. The molecule has 19 heavy (non-hydrogen) atoms. The van der Waals surface area contributed by atoms with Crippen LogP contribution in [-0.2, 0) is 9.53 Å². The van der Waals surface area contributed by atoms with Crippen molar-refractivity contribution in [1.82, 2.24) is 4.98 Å². The number of esters is 1. The molecule has 1 atom stereocenters. The van der Waals surface area contributed by atoms with Crippen molar-refractivity contribution in [3.05, 3.63) is 34.9 Å². The Hall–Kier alpha value is -1.62. The lowest BCUT2D eigenvalue weighted by atomic mass is 10.1. The predicted octanol–water partition coefficient (Wildman–Crippen LogP) is 3.36. The van der Waals surface area contributed by atoms with Gasteiger partial charge in [0.25, 0.3) is 0 Å². The molecule has 0 bridgehead atoms. The number of rotatable bonds is 4. The zero-order chi connectivity index (χ0) is 13.8. The molecule has 0 amide bonds. The molecule has 0 radical (unpaired) electrons. The van der Waals surface area contributed by atoms with E-state index in [9.17, 15) is 4.79 Å². The van der Waals surface area contributed by atoms with Gasteiger partial charge < -0.3 is 10.1 Å². The molecular formula is C14H15BrN2O2. The van der Waals surface area contributed by atoms with E-state index >= 15 is 0 Å². The predicted molar refractivity (Wildman–Crippen MR) is 79.2 cm³/mol. The first kappa shape index (κ1) is 13.8. The molecule has 0 spiro atoms. The summed E-state index contributed by atoms with van der Waals surface area (Å²) in [5, 5.41) is 5.11. The molecule has 1 aromatic heterocycles. The fraction of sp³-hybridized carbons (Fsp3) is 0.286. The van der Waals surface area contributed by atoms with E-state index in [0.29, 0.717) is 12.4 Å². The van der Waals surface area contributed by atoms with Crippen LogP contribution in [0, 0.1) is 0 Å². The zero-order valence-corrected chi connectivity index (χ0v) is 12.4. The molecule has 5 heteroatoms. The lowest BCUT2D eigenvalue weighted by Gasteiger charge is -2.15. The highest BCUT2D eigenvalue weighted by Crippen LogP contribution is 2.27. The van der Waals surface area contributed by atoms with Gasteiger partial charge in [-0.3, -0.25) is 0 Å². The summed E-state index contributed by atoms with van der Waals surface area (Å²) in [6.45, 7) is 3.92. The van der Waals surface area contributed by atoms with Gasteiger partial charge in [0.2, 0.25) is 0 Å². The average molecular weight is 323 g/mol. The maximum atomic E-state index is 11.6. The van der Waals surface area contributed by atoms with Crippen LogP contribution in [0.5, 0.6) is 0 Å². The van der Waals surface area contributed by atoms with Crippen LogP contribution in [0.1, 0.15) is 13.8 Å². The number of hydrogen-bond acceptors (Lipinski definition) is 4. The van der Waals surface area contributed by atoms with E-state index in [1.807, 2.05) is 24.3 Å². The standard InChI is InChI=1S/C14H15BrN2O2/c1-3-19-14(18)9(2)17-13-11-5-4-6-12(15)10(11)7-8-16-13/h4-9H,3H2,1-2H3,(H,16,17). The van der Waals surface area contributed by atoms with E-state index < -0.39 is 6.04 Å². The number of pyridine rings is 1. The van der Waals surface area contributed by atoms with Crippen molar-refractivity contribution in [2.45, 2.75) is 19.9 Å². The number of nitrogens with one attached hydrogen (secondary N) is 1. The van der Waals surface area contributed by atoms with Gasteiger partial charge in [-0.05, 0) is 26.0 Å². The molecule has 1 N–H and O–H groups in total. The molecule has 2 aromatic rings. The highest BCUT2D eigenvalue weighted by Gasteiger charge is 2.15. The molecule has 100 valence electrons. The molecule has 0 aliphatic heterocycles. The summed E-state index contributed by atoms with van der Waals surface area (Å²) in [5.41, 5.74) is 0. The smallest absolute Gasteiger partial charge is 0.328 e. The van der Waals surface area contributed by atoms with Crippen molar-refractivity contribution in [2.24, 2.45) is 0 Å². The second kappa shape index (κ2) is 6.02. The van der Waals surface area contributed by atoms with Crippen molar-refractivity contribution in [3.63, 3.8) is 0 Å². The van der Waals surface area contributed by atoms with E-state index in [1.54, 1.807) is 20.0 Å². The van der Waals surface area contributed by atoms with Crippen molar-refractivity contribution in [3.8, 4) is 0 Å². The molecule has 2 rings (SSSR count). The number of ether oxygens (including phenoxy) is 1. The molecule has 0 aliphatic rings. The van der Waals surface area contributed by atoms with Gasteiger partial charge in [0.05, 0.1) is 6.61 Å². The van der Waals surface area contributed by atoms with Crippen LogP contribution in [0.3, 0.4) is 0 Å². The third-order valence-electron chi connectivity index (χ3n) is 2.75. The van der Waals surface area contributed by atoms with E-state index in [2.05, 4.69) is 26.2 Å². The van der Waals surface area contributed by atoms with Crippen molar-refractivity contribution in [2.75, 3.05) is 11.9 Å². The van der Waals surface area contributed by atoms with Gasteiger partial charge in [-0.15, -0.1) is 0 Å². The number of carbonyl (C=O) groups excluding carboxylic acids is 1. The summed E-state index contributed by atoms with van der Waals surface area (Å²) in [5.74, 6) is 0.399. The first-order valence-electron chi connectivity index (χ1n) is 6.10. The van der Waals surface area contributed by atoms with Gasteiger partial charge in [-0.2, -0.15) is 0 Å². The van der Waals surface area contributed by atoms with E-state index in [4.69, 9.17) is 4.74 Å². The van der Waals surface area contributed by atoms with Crippen LogP contribution in [0.2, 0.25) is 0 Å². The number of nitrogens with zero attached hydrogens (tertiary/aromatic N) is 1. The minimum absolute atomic E-state index is 0.281. The minimum atomic E-state index is -0.433. The molecule has 1 aromatic carbocycles. The van der Waals surface area contributed by atoms with Crippen molar-refractivity contribution >= 4 is 38.5 Å². The maximum absolute atomic E-state index is 11.6. The molecule has 0 fully saturated rings. The molecule has 1 unspecified atom stereocenters. The summed E-state index contributed by atoms with van der Waals surface area (Å²) >= 11 is 3.50. The van der Waals surface area contributed by atoms with Gasteiger partial charge in [-0.25, -0.2) is 9.78 Å². The van der Waals surface area contributed by atoms with Crippen molar-refractivity contribution < 1.29 is 9.53 Å². The topological polar surface area (TPSA) is 51.2 Å². The second-order valence-electron chi connectivity index (χ2n) is 4.11.